The molecule has 0 aromatic heterocycles. The molecule has 170 valence electrons. The number of guanidine groups is 1. The zero-order valence-corrected chi connectivity index (χ0v) is 19.4. The van der Waals surface area contributed by atoms with Crippen molar-refractivity contribution in [2.24, 2.45) is 16.6 Å². The van der Waals surface area contributed by atoms with Gasteiger partial charge in [-0.25, -0.2) is 9.79 Å². The lowest BCUT2D eigenvalue weighted by molar-refractivity contribution is -0.274. The van der Waals surface area contributed by atoms with Crippen molar-refractivity contribution in [3.05, 3.63) is 29.8 Å². The number of benzene rings is 1. The van der Waals surface area contributed by atoms with E-state index in [0.717, 1.165) is 12.8 Å². The summed E-state index contributed by atoms with van der Waals surface area (Å²) in [4.78, 5) is 16.1. The quantitative estimate of drug-likeness (QED) is 0.275. The highest BCUT2D eigenvalue weighted by Crippen LogP contribution is 2.32. The third kappa shape index (κ3) is 10.7. The van der Waals surface area contributed by atoms with E-state index in [1.165, 1.54) is 24.3 Å². The Labute approximate surface area is 191 Å². The normalized spacial score (nSPS) is 15.6. The lowest BCUT2D eigenvalue weighted by atomic mass is 10.2. The van der Waals surface area contributed by atoms with Gasteiger partial charge in [0.05, 0.1) is 12.6 Å². The summed E-state index contributed by atoms with van der Waals surface area (Å²) in [5, 5.41) is 5.82. The second-order valence-corrected chi connectivity index (χ2v) is 7.86. The van der Waals surface area contributed by atoms with Gasteiger partial charge >= 0.3 is 12.5 Å². The maximum absolute atomic E-state index is 12.2. The van der Waals surface area contributed by atoms with Crippen LogP contribution in [0, 0.1) is 5.92 Å². The van der Waals surface area contributed by atoms with E-state index in [1.807, 2.05) is 0 Å². The fourth-order valence-corrected chi connectivity index (χ4v) is 2.54. The molecule has 1 amide bonds. The molecule has 0 aliphatic heterocycles. The van der Waals surface area contributed by atoms with Gasteiger partial charge in [-0.05, 0) is 57.2 Å². The molecule has 1 aliphatic rings. The van der Waals surface area contributed by atoms with Gasteiger partial charge in [-0.3, -0.25) is 0 Å². The average Bonchev–Trinajstić information content (AvgIpc) is 3.40. The third-order valence-corrected chi connectivity index (χ3v) is 3.99. The molecule has 4 N–H and O–H groups in total. The van der Waals surface area contributed by atoms with Crippen molar-refractivity contribution in [3.8, 4) is 5.75 Å². The number of ether oxygens (including phenoxy) is 2. The summed E-state index contributed by atoms with van der Waals surface area (Å²) in [6.07, 6.45) is -3.16. The van der Waals surface area contributed by atoms with Gasteiger partial charge < -0.3 is 25.8 Å². The van der Waals surface area contributed by atoms with Crippen LogP contribution in [0.3, 0.4) is 0 Å². The Hall–Kier alpha value is -1.92. The van der Waals surface area contributed by atoms with Crippen LogP contribution in [0.1, 0.15) is 39.2 Å². The van der Waals surface area contributed by atoms with Crippen LogP contribution in [-0.2, 0) is 11.3 Å². The predicted octanol–water partition coefficient (Wildman–Crippen LogP) is 3.91. The number of amides is 1. The smallest absolute Gasteiger partial charge is 0.444 e. The number of carbonyl (C=O) groups excluding carboxylic acids is 1. The van der Waals surface area contributed by atoms with Crippen LogP contribution in [0.25, 0.3) is 0 Å². The molecule has 0 spiro atoms. The highest BCUT2D eigenvalue weighted by Gasteiger charge is 2.33. The van der Waals surface area contributed by atoms with Gasteiger partial charge in [-0.15, -0.1) is 37.1 Å². The van der Waals surface area contributed by atoms with Crippen molar-refractivity contribution in [2.75, 3.05) is 6.54 Å². The number of alkyl carbamates (subject to hydrolysis) is 1. The van der Waals surface area contributed by atoms with E-state index in [2.05, 4.69) is 20.4 Å². The third-order valence-electron chi connectivity index (χ3n) is 3.99. The Morgan fingerprint density at radius 1 is 1.23 bits per heavy atom. The van der Waals surface area contributed by atoms with Crippen molar-refractivity contribution in [1.82, 2.24) is 10.6 Å². The second kappa shape index (κ2) is 10.9. The molecular formula is C19H28F3IN4O3. The molecule has 0 radical (unpaired) electrons. The summed E-state index contributed by atoms with van der Waals surface area (Å²) in [6.45, 7) is 5.98. The molecule has 1 saturated carbocycles. The van der Waals surface area contributed by atoms with Crippen molar-refractivity contribution in [3.63, 3.8) is 0 Å². The summed E-state index contributed by atoms with van der Waals surface area (Å²) in [6, 6.07) is 5.27. The molecule has 1 atom stereocenters. The molecule has 1 aromatic carbocycles. The molecule has 11 heteroatoms. The fourth-order valence-electron chi connectivity index (χ4n) is 2.54. The maximum Gasteiger partial charge on any atom is 0.573 e. The summed E-state index contributed by atoms with van der Waals surface area (Å²) in [5.41, 5.74) is 5.96. The minimum atomic E-state index is -4.72. The van der Waals surface area contributed by atoms with Crippen LogP contribution in [-0.4, -0.2) is 36.6 Å². The van der Waals surface area contributed by atoms with E-state index in [9.17, 15) is 18.0 Å². The number of hydrogen-bond donors (Lipinski definition) is 3. The topological polar surface area (TPSA) is 98.0 Å². The monoisotopic (exact) mass is 544 g/mol. The summed E-state index contributed by atoms with van der Waals surface area (Å²) in [5.74, 6) is 0.248. The molecule has 1 fully saturated rings. The van der Waals surface area contributed by atoms with Gasteiger partial charge in [0.25, 0.3) is 0 Å². The van der Waals surface area contributed by atoms with Gasteiger partial charge in [0.15, 0.2) is 5.96 Å². The lowest BCUT2D eigenvalue weighted by Gasteiger charge is -2.24. The number of alkyl halides is 3. The van der Waals surface area contributed by atoms with Gasteiger partial charge in [0, 0.05) is 6.54 Å². The molecule has 1 aliphatic carbocycles. The first-order chi connectivity index (χ1) is 13.4. The zero-order chi connectivity index (χ0) is 21.7. The number of rotatable bonds is 7. The molecule has 0 bridgehead atoms. The van der Waals surface area contributed by atoms with Gasteiger partial charge in [0.2, 0.25) is 0 Å². The maximum atomic E-state index is 12.2. The Kier molecular flexibility index (Phi) is 9.50. The van der Waals surface area contributed by atoms with E-state index in [4.69, 9.17) is 10.5 Å². The summed E-state index contributed by atoms with van der Waals surface area (Å²) < 4.78 is 45.6. The molecule has 1 unspecified atom stereocenters. The Bertz CT molecular complexity index is 717. The second-order valence-electron chi connectivity index (χ2n) is 7.86. The Balaban J connectivity index is 0.00000450. The van der Waals surface area contributed by atoms with Crippen molar-refractivity contribution in [2.45, 2.75) is 58.2 Å². The first-order valence-corrected chi connectivity index (χ1v) is 9.29. The molecule has 2 rings (SSSR count). The van der Waals surface area contributed by atoms with Crippen LogP contribution in [0.15, 0.2) is 29.3 Å². The van der Waals surface area contributed by atoms with Crippen LogP contribution >= 0.6 is 24.0 Å². The van der Waals surface area contributed by atoms with Crippen LogP contribution in [0.5, 0.6) is 5.75 Å². The molecule has 1 aromatic rings. The Morgan fingerprint density at radius 3 is 2.33 bits per heavy atom. The predicted molar refractivity (Wildman–Crippen MR) is 118 cm³/mol. The van der Waals surface area contributed by atoms with Crippen LogP contribution in [0.4, 0.5) is 18.0 Å². The Morgan fingerprint density at radius 2 is 1.83 bits per heavy atom. The highest BCUT2D eigenvalue weighted by atomic mass is 127. The number of nitrogens with zero attached hydrogens (tertiary/aromatic N) is 1. The van der Waals surface area contributed by atoms with E-state index in [1.54, 1.807) is 20.8 Å². The number of nitrogens with one attached hydrogen (secondary N) is 2. The minimum Gasteiger partial charge on any atom is -0.444 e. The number of hydrogen-bond acceptors (Lipinski definition) is 4. The zero-order valence-electron chi connectivity index (χ0n) is 17.1. The molecule has 30 heavy (non-hydrogen) atoms. The van der Waals surface area contributed by atoms with Crippen LogP contribution in [0.2, 0.25) is 0 Å². The van der Waals surface area contributed by atoms with Gasteiger partial charge in [0.1, 0.15) is 11.4 Å². The summed E-state index contributed by atoms with van der Waals surface area (Å²) in [7, 11) is 0. The highest BCUT2D eigenvalue weighted by molar-refractivity contribution is 14.0. The first-order valence-electron chi connectivity index (χ1n) is 9.29. The van der Waals surface area contributed by atoms with Crippen LogP contribution < -0.4 is 21.1 Å². The van der Waals surface area contributed by atoms with E-state index in [-0.39, 0.29) is 48.3 Å². The van der Waals surface area contributed by atoms with Gasteiger partial charge in [-0.1, -0.05) is 12.1 Å². The first kappa shape index (κ1) is 26.1. The number of carbonyl (C=O) groups is 1. The fraction of sp³-hybridized carbons (Fsp3) is 0.579. The average molecular weight is 544 g/mol. The lowest BCUT2D eigenvalue weighted by Crippen LogP contribution is -2.48. The number of halogens is 4. The number of nitrogens with two attached hydrogens (primary N) is 1. The molecule has 0 heterocycles. The van der Waals surface area contributed by atoms with Gasteiger partial charge in [-0.2, -0.15) is 0 Å². The minimum absolute atomic E-state index is 0. The largest absolute Gasteiger partial charge is 0.573 e. The molecule has 7 nitrogen and oxygen atoms in total. The van der Waals surface area contributed by atoms with Crippen molar-refractivity contribution in [1.29, 1.82) is 0 Å². The summed E-state index contributed by atoms with van der Waals surface area (Å²) >= 11 is 0. The molecule has 0 saturated heterocycles. The van der Waals surface area contributed by atoms with E-state index < -0.39 is 18.1 Å². The van der Waals surface area contributed by atoms with E-state index in [0.29, 0.717) is 18.0 Å². The van der Waals surface area contributed by atoms with Crippen molar-refractivity contribution >= 4 is 36.0 Å². The molecular weight excluding hydrogens is 516 g/mol. The number of aliphatic imine (C=N–C) groups is 1. The van der Waals surface area contributed by atoms with E-state index >= 15 is 0 Å². The SMILES string of the molecule is CC(C)(C)OC(=O)NC(CNC(N)=NCc1ccc(OC(F)(F)F)cc1)C1CC1.I. The van der Waals surface area contributed by atoms with Crippen molar-refractivity contribution < 1.29 is 27.4 Å². The standard InChI is InChI=1S/C19H27F3N4O3.HI/c1-18(2,3)29-17(27)26-15(13-6-7-13)11-25-16(23)24-10-12-4-8-14(9-5-12)28-19(20,21)22;/h4-5,8-9,13,15H,6-7,10-11H2,1-3H3,(H,26,27)(H3,23,24,25);1H.